The van der Waals surface area contributed by atoms with Crippen LogP contribution in [-0.4, -0.2) is 12.5 Å². The fourth-order valence-electron chi connectivity index (χ4n) is 2.00. The predicted octanol–water partition coefficient (Wildman–Crippen LogP) is 3.68. The minimum Gasteiger partial charge on any atom is -0.352 e. The van der Waals surface area contributed by atoms with Crippen molar-refractivity contribution >= 4 is 21.8 Å². The molecule has 0 aromatic heterocycles. The van der Waals surface area contributed by atoms with Crippen molar-refractivity contribution in [1.82, 2.24) is 5.32 Å². The molecule has 2 nitrogen and oxygen atoms in total. The van der Waals surface area contributed by atoms with Gasteiger partial charge in [-0.15, -0.1) is 0 Å². The number of nitrogens with one attached hydrogen (secondary N) is 1. The molecular formula is C14H16BrNO. The maximum atomic E-state index is 11.8. The first-order chi connectivity index (χ1) is 8.25. The fraction of sp³-hybridized carbons (Fsp3) is 0.357. The Balaban J connectivity index is 1.79. The van der Waals surface area contributed by atoms with Crippen molar-refractivity contribution in [3.05, 3.63) is 46.0 Å². The molecule has 0 unspecified atom stereocenters. The largest absolute Gasteiger partial charge is 0.352 e. The lowest BCUT2D eigenvalue weighted by molar-refractivity contribution is 0.0954. The molecule has 0 saturated carbocycles. The second kappa shape index (κ2) is 6.01. The van der Waals surface area contributed by atoms with Gasteiger partial charge in [0, 0.05) is 16.6 Å². The molecule has 1 aromatic carbocycles. The molecule has 1 aliphatic carbocycles. The Hall–Kier alpha value is -1.09. The minimum absolute atomic E-state index is 0.0103. The van der Waals surface area contributed by atoms with Crippen LogP contribution in [0.2, 0.25) is 0 Å². The zero-order valence-corrected chi connectivity index (χ0v) is 11.3. The smallest absolute Gasteiger partial charge is 0.251 e. The molecule has 90 valence electrons. The molecule has 3 heteroatoms. The first-order valence-corrected chi connectivity index (χ1v) is 6.77. The third-order valence-corrected chi connectivity index (χ3v) is 3.50. The summed E-state index contributed by atoms with van der Waals surface area (Å²) in [5.41, 5.74) is 2.20. The molecular weight excluding hydrogens is 278 g/mol. The first kappa shape index (κ1) is 12.4. The number of hydrogen-bond acceptors (Lipinski definition) is 1. The van der Waals surface area contributed by atoms with E-state index in [4.69, 9.17) is 0 Å². The number of carbonyl (C=O) groups excluding carboxylic acids is 1. The zero-order valence-electron chi connectivity index (χ0n) is 9.71. The summed E-state index contributed by atoms with van der Waals surface area (Å²) in [4.78, 5) is 11.8. The van der Waals surface area contributed by atoms with E-state index in [0.29, 0.717) is 5.56 Å². The number of benzene rings is 1. The van der Waals surface area contributed by atoms with Gasteiger partial charge in [0.25, 0.3) is 5.91 Å². The van der Waals surface area contributed by atoms with E-state index in [1.807, 2.05) is 24.3 Å². The number of halogens is 1. The van der Waals surface area contributed by atoms with E-state index in [1.54, 1.807) is 0 Å². The molecule has 1 aliphatic rings. The van der Waals surface area contributed by atoms with Crippen LogP contribution in [0, 0.1) is 0 Å². The molecule has 0 aliphatic heterocycles. The molecule has 0 bridgehead atoms. The summed E-state index contributed by atoms with van der Waals surface area (Å²) in [6.07, 6.45) is 6.97. The van der Waals surface area contributed by atoms with Gasteiger partial charge in [-0.1, -0.05) is 27.6 Å². The third-order valence-electron chi connectivity index (χ3n) is 2.97. The third kappa shape index (κ3) is 3.70. The summed E-state index contributed by atoms with van der Waals surface area (Å²) in [5, 5.41) is 2.95. The maximum absolute atomic E-state index is 11.8. The molecule has 1 N–H and O–H groups in total. The number of hydrogen-bond donors (Lipinski definition) is 1. The molecule has 0 heterocycles. The topological polar surface area (TPSA) is 29.1 Å². The molecule has 1 amide bonds. The van der Waals surface area contributed by atoms with E-state index < -0.39 is 0 Å². The Morgan fingerprint density at radius 1 is 1.29 bits per heavy atom. The van der Waals surface area contributed by atoms with Gasteiger partial charge in [-0.3, -0.25) is 4.79 Å². The maximum Gasteiger partial charge on any atom is 0.251 e. The van der Waals surface area contributed by atoms with Crippen molar-refractivity contribution in [3.63, 3.8) is 0 Å². The van der Waals surface area contributed by atoms with Crippen LogP contribution in [0.1, 0.15) is 36.0 Å². The average Bonchev–Trinajstić information content (AvgIpc) is 2.83. The van der Waals surface area contributed by atoms with Crippen LogP contribution in [0.15, 0.2) is 40.4 Å². The van der Waals surface area contributed by atoms with Gasteiger partial charge in [-0.25, -0.2) is 0 Å². The van der Waals surface area contributed by atoms with Crippen LogP contribution >= 0.6 is 15.9 Å². The highest BCUT2D eigenvalue weighted by molar-refractivity contribution is 9.10. The Bertz CT molecular complexity index is 422. The second-order valence-corrected chi connectivity index (χ2v) is 5.18. The quantitative estimate of drug-likeness (QED) is 0.843. The SMILES string of the molecule is O=C(NCCC1=CCCC1)c1ccc(Br)cc1. The van der Waals surface area contributed by atoms with Crippen LogP contribution in [0.5, 0.6) is 0 Å². The summed E-state index contributed by atoms with van der Waals surface area (Å²) >= 11 is 3.35. The molecule has 0 spiro atoms. The first-order valence-electron chi connectivity index (χ1n) is 5.97. The van der Waals surface area contributed by atoms with E-state index >= 15 is 0 Å². The standard InChI is InChI=1S/C14H16BrNO/c15-13-7-5-12(6-8-13)14(17)16-10-9-11-3-1-2-4-11/h3,5-8H,1-2,4,9-10H2,(H,16,17). The van der Waals surface area contributed by atoms with Crippen LogP contribution in [-0.2, 0) is 0 Å². The highest BCUT2D eigenvalue weighted by Gasteiger charge is 2.07. The number of allylic oxidation sites excluding steroid dienone is 1. The highest BCUT2D eigenvalue weighted by atomic mass is 79.9. The lowest BCUT2D eigenvalue weighted by Crippen LogP contribution is -2.24. The molecule has 2 rings (SSSR count). The van der Waals surface area contributed by atoms with E-state index in [9.17, 15) is 4.79 Å². The van der Waals surface area contributed by atoms with Gasteiger partial charge in [0.1, 0.15) is 0 Å². The van der Waals surface area contributed by atoms with Crippen LogP contribution in [0.4, 0.5) is 0 Å². The van der Waals surface area contributed by atoms with Crippen molar-refractivity contribution in [2.24, 2.45) is 0 Å². The van der Waals surface area contributed by atoms with Crippen LogP contribution in [0.3, 0.4) is 0 Å². The van der Waals surface area contributed by atoms with E-state index in [0.717, 1.165) is 17.4 Å². The Labute approximate surface area is 110 Å². The van der Waals surface area contributed by atoms with Gasteiger partial charge in [-0.05, 0) is 49.9 Å². The highest BCUT2D eigenvalue weighted by Crippen LogP contribution is 2.19. The van der Waals surface area contributed by atoms with Gasteiger partial charge in [0.15, 0.2) is 0 Å². The number of rotatable bonds is 4. The van der Waals surface area contributed by atoms with Crippen LogP contribution in [0.25, 0.3) is 0 Å². The Morgan fingerprint density at radius 2 is 2.06 bits per heavy atom. The predicted molar refractivity (Wildman–Crippen MR) is 73.0 cm³/mol. The summed E-state index contributed by atoms with van der Waals surface area (Å²) < 4.78 is 0.991. The fourth-order valence-corrected chi connectivity index (χ4v) is 2.27. The van der Waals surface area contributed by atoms with Gasteiger partial charge in [0.05, 0.1) is 0 Å². The molecule has 1 aromatic rings. The van der Waals surface area contributed by atoms with Crippen molar-refractivity contribution in [2.75, 3.05) is 6.54 Å². The summed E-state index contributed by atoms with van der Waals surface area (Å²) in [6.45, 7) is 0.737. The lowest BCUT2D eigenvalue weighted by atomic mass is 10.1. The van der Waals surface area contributed by atoms with Gasteiger partial charge in [-0.2, -0.15) is 0 Å². The van der Waals surface area contributed by atoms with E-state index in [2.05, 4.69) is 27.3 Å². The monoisotopic (exact) mass is 293 g/mol. The zero-order chi connectivity index (χ0) is 12.1. The van der Waals surface area contributed by atoms with E-state index in [1.165, 1.54) is 24.8 Å². The van der Waals surface area contributed by atoms with Crippen molar-refractivity contribution < 1.29 is 4.79 Å². The summed E-state index contributed by atoms with van der Waals surface area (Å²) in [6, 6.07) is 7.42. The van der Waals surface area contributed by atoms with Crippen LogP contribution < -0.4 is 5.32 Å². The molecule has 0 fully saturated rings. The molecule has 0 saturated heterocycles. The Morgan fingerprint density at radius 3 is 2.71 bits per heavy atom. The molecule has 17 heavy (non-hydrogen) atoms. The minimum atomic E-state index is 0.0103. The molecule has 0 radical (unpaired) electrons. The molecule has 0 atom stereocenters. The normalized spacial score (nSPS) is 14.5. The van der Waals surface area contributed by atoms with Gasteiger partial charge < -0.3 is 5.32 Å². The Kier molecular flexibility index (Phi) is 4.37. The summed E-state index contributed by atoms with van der Waals surface area (Å²) in [5.74, 6) is 0.0103. The van der Waals surface area contributed by atoms with Crippen molar-refractivity contribution in [2.45, 2.75) is 25.7 Å². The number of amides is 1. The van der Waals surface area contributed by atoms with Crippen molar-refractivity contribution in [3.8, 4) is 0 Å². The van der Waals surface area contributed by atoms with E-state index in [-0.39, 0.29) is 5.91 Å². The van der Waals surface area contributed by atoms with Gasteiger partial charge in [0.2, 0.25) is 0 Å². The summed E-state index contributed by atoms with van der Waals surface area (Å²) in [7, 11) is 0. The average molecular weight is 294 g/mol. The second-order valence-electron chi connectivity index (χ2n) is 4.27. The van der Waals surface area contributed by atoms with Crippen molar-refractivity contribution in [1.29, 1.82) is 0 Å². The lowest BCUT2D eigenvalue weighted by Gasteiger charge is -2.06. The number of carbonyl (C=O) groups is 1. The van der Waals surface area contributed by atoms with Gasteiger partial charge >= 0.3 is 0 Å².